The second-order valence-electron chi connectivity index (χ2n) is 5.83. The molecular weight excluding hydrogens is 391 g/mol. The van der Waals surface area contributed by atoms with Crippen LogP contribution in [0.15, 0.2) is 52.4 Å². The van der Waals surface area contributed by atoms with Gasteiger partial charge >= 0.3 is 0 Å². The van der Waals surface area contributed by atoms with Crippen molar-refractivity contribution in [3.05, 3.63) is 58.6 Å². The number of fused-ring (bicyclic) bond motifs is 1. The highest BCUT2D eigenvalue weighted by Crippen LogP contribution is 2.20. The van der Waals surface area contributed by atoms with Gasteiger partial charge in [0.25, 0.3) is 5.91 Å². The van der Waals surface area contributed by atoms with Crippen LogP contribution < -0.4 is 4.80 Å². The number of benzene rings is 2. The molecule has 1 amide bonds. The van der Waals surface area contributed by atoms with E-state index in [-0.39, 0.29) is 16.3 Å². The highest BCUT2D eigenvalue weighted by atomic mass is 32.2. The molecule has 1 aromatic heterocycles. The lowest BCUT2D eigenvalue weighted by Gasteiger charge is -2.05. The summed E-state index contributed by atoms with van der Waals surface area (Å²) in [6, 6.07) is 10.3. The summed E-state index contributed by atoms with van der Waals surface area (Å²) in [5.74, 6) is -1.06. The van der Waals surface area contributed by atoms with Gasteiger partial charge in [-0.1, -0.05) is 23.5 Å². The summed E-state index contributed by atoms with van der Waals surface area (Å²) in [4.78, 5) is 17.1. The summed E-state index contributed by atoms with van der Waals surface area (Å²) in [6.45, 7) is 0.798. The van der Waals surface area contributed by atoms with Crippen molar-refractivity contribution in [2.24, 2.45) is 4.99 Å². The first-order chi connectivity index (χ1) is 12.8. The zero-order valence-electron chi connectivity index (χ0n) is 14.7. The molecule has 9 heteroatoms. The Labute approximate surface area is 159 Å². The highest BCUT2D eigenvalue weighted by Gasteiger charge is 2.18. The van der Waals surface area contributed by atoms with Crippen LogP contribution in [0.25, 0.3) is 10.2 Å². The SMILES string of the molecule is COCCn1c(=NC(=O)c2ccccc2S(C)(=O)=O)sc2cc(F)ccc21. The topological polar surface area (TPSA) is 77.7 Å². The quantitative estimate of drug-likeness (QED) is 0.650. The standard InChI is InChI=1S/C18H17FN2O4S2/c1-25-10-9-21-14-8-7-12(19)11-15(14)26-18(21)20-17(22)13-5-3-4-6-16(13)27(2,23)24/h3-8,11H,9-10H2,1-2H3. The van der Waals surface area contributed by atoms with E-state index in [1.807, 2.05) is 0 Å². The van der Waals surface area contributed by atoms with Gasteiger partial charge in [-0.05, 0) is 30.3 Å². The molecule has 142 valence electrons. The van der Waals surface area contributed by atoms with Gasteiger partial charge in [0.1, 0.15) is 5.82 Å². The molecule has 0 aliphatic rings. The Morgan fingerprint density at radius 3 is 2.70 bits per heavy atom. The Morgan fingerprint density at radius 1 is 1.26 bits per heavy atom. The average Bonchev–Trinajstić information content (AvgIpc) is 2.95. The van der Waals surface area contributed by atoms with Gasteiger partial charge in [0.05, 0.1) is 27.3 Å². The first kappa shape index (κ1) is 19.4. The molecular formula is C18H17FN2O4S2. The Hall–Kier alpha value is -2.36. The average molecular weight is 408 g/mol. The van der Waals surface area contributed by atoms with Crippen LogP contribution in [0, 0.1) is 5.82 Å². The number of halogens is 1. The van der Waals surface area contributed by atoms with Crippen LogP contribution in [0.3, 0.4) is 0 Å². The number of carbonyl (C=O) groups is 1. The fourth-order valence-corrected chi connectivity index (χ4v) is 4.60. The summed E-state index contributed by atoms with van der Waals surface area (Å²) in [5.41, 5.74) is 0.725. The number of hydrogen-bond donors (Lipinski definition) is 0. The van der Waals surface area contributed by atoms with Crippen molar-refractivity contribution < 1.29 is 22.3 Å². The van der Waals surface area contributed by atoms with Crippen LogP contribution in [0.5, 0.6) is 0 Å². The lowest BCUT2D eigenvalue weighted by molar-refractivity contribution is 0.0994. The van der Waals surface area contributed by atoms with Gasteiger partial charge in [-0.3, -0.25) is 4.79 Å². The van der Waals surface area contributed by atoms with Gasteiger partial charge in [0.15, 0.2) is 14.6 Å². The summed E-state index contributed by atoms with van der Waals surface area (Å²) in [7, 11) is -2.02. The highest BCUT2D eigenvalue weighted by molar-refractivity contribution is 7.90. The van der Waals surface area contributed by atoms with Crippen LogP contribution in [-0.2, 0) is 21.1 Å². The molecule has 6 nitrogen and oxygen atoms in total. The number of amides is 1. The summed E-state index contributed by atoms with van der Waals surface area (Å²) < 4.78 is 44.9. The molecule has 0 unspecified atom stereocenters. The summed E-state index contributed by atoms with van der Waals surface area (Å²) >= 11 is 1.16. The first-order valence-corrected chi connectivity index (χ1v) is 10.7. The van der Waals surface area contributed by atoms with E-state index in [1.54, 1.807) is 29.9 Å². The number of sulfone groups is 1. The van der Waals surface area contributed by atoms with Gasteiger partial charge in [-0.15, -0.1) is 0 Å². The van der Waals surface area contributed by atoms with Gasteiger partial charge in [0.2, 0.25) is 0 Å². The zero-order chi connectivity index (χ0) is 19.6. The Kier molecular flexibility index (Phi) is 5.54. The number of ether oxygens (including phenoxy) is 1. The molecule has 0 saturated carbocycles. The second-order valence-corrected chi connectivity index (χ2v) is 8.82. The van der Waals surface area contributed by atoms with Crippen molar-refractivity contribution >= 4 is 37.3 Å². The van der Waals surface area contributed by atoms with Crippen molar-refractivity contribution in [1.82, 2.24) is 4.57 Å². The molecule has 0 fully saturated rings. The predicted octanol–water partition coefficient (Wildman–Crippen LogP) is 2.63. The Morgan fingerprint density at radius 2 is 2.00 bits per heavy atom. The fourth-order valence-electron chi connectivity index (χ4n) is 2.64. The maximum Gasteiger partial charge on any atom is 0.280 e. The van der Waals surface area contributed by atoms with Crippen molar-refractivity contribution in [2.45, 2.75) is 11.4 Å². The van der Waals surface area contributed by atoms with Crippen LogP contribution in [0.4, 0.5) is 4.39 Å². The number of hydrogen-bond acceptors (Lipinski definition) is 5. The second kappa shape index (κ2) is 7.71. The zero-order valence-corrected chi connectivity index (χ0v) is 16.3. The van der Waals surface area contributed by atoms with Gasteiger partial charge in [-0.2, -0.15) is 4.99 Å². The number of carbonyl (C=O) groups excluding carboxylic acids is 1. The van der Waals surface area contributed by atoms with E-state index in [1.165, 1.54) is 24.3 Å². The van der Waals surface area contributed by atoms with Crippen molar-refractivity contribution in [1.29, 1.82) is 0 Å². The minimum Gasteiger partial charge on any atom is -0.383 e. The lowest BCUT2D eigenvalue weighted by atomic mass is 10.2. The predicted molar refractivity (Wildman–Crippen MR) is 101 cm³/mol. The maximum absolute atomic E-state index is 13.5. The van der Waals surface area contributed by atoms with E-state index in [9.17, 15) is 17.6 Å². The van der Waals surface area contributed by atoms with Gasteiger partial charge in [0, 0.05) is 19.9 Å². The first-order valence-electron chi connectivity index (χ1n) is 7.97. The van der Waals surface area contributed by atoms with Gasteiger partial charge in [-0.25, -0.2) is 12.8 Å². The minimum atomic E-state index is -3.58. The molecule has 0 aliphatic carbocycles. The minimum absolute atomic E-state index is 0.00179. The monoisotopic (exact) mass is 408 g/mol. The molecule has 0 atom stereocenters. The molecule has 3 rings (SSSR count). The molecule has 0 radical (unpaired) electrons. The summed E-state index contributed by atoms with van der Waals surface area (Å²) in [5, 5.41) is 0. The largest absolute Gasteiger partial charge is 0.383 e. The van der Waals surface area contributed by atoms with E-state index in [2.05, 4.69) is 4.99 Å². The molecule has 0 saturated heterocycles. The number of methoxy groups -OCH3 is 1. The smallest absolute Gasteiger partial charge is 0.280 e. The van der Waals surface area contributed by atoms with E-state index >= 15 is 0 Å². The molecule has 0 aliphatic heterocycles. The number of aromatic nitrogens is 1. The number of thiazole rings is 1. The molecule has 0 spiro atoms. The van der Waals surface area contributed by atoms with Crippen molar-refractivity contribution in [3.63, 3.8) is 0 Å². The third kappa shape index (κ3) is 4.15. The van der Waals surface area contributed by atoms with E-state index < -0.39 is 15.7 Å². The van der Waals surface area contributed by atoms with Gasteiger partial charge < -0.3 is 9.30 Å². The molecule has 27 heavy (non-hydrogen) atoms. The third-order valence-electron chi connectivity index (χ3n) is 3.88. The summed E-state index contributed by atoms with van der Waals surface area (Å²) in [6.07, 6.45) is 1.04. The Bertz CT molecular complexity index is 1180. The van der Waals surface area contributed by atoms with Crippen molar-refractivity contribution in [3.8, 4) is 0 Å². The molecule has 0 bridgehead atoms. The molecule has 0 N–H and O–H groups in total. The Balaban J connectivity index is 2.17. The molecule has 3 aromatic rings. The van der Waals surface area contributed by atoms with E-state index in [4.69, 9.17) is 4.74 Å². The third-order valence-corrected chi connectivity index (χ3v) is 6.07. The normalized spacial score (nSPS) is 12.6. The van der Waals surface area contributed by atoms with E-state index in [0.29, 0.717) is 22.7 Å². The maximum atomic E-state index is 13.5. The van der Waals surface area contributed by atoms with Crippen LogP contribution >= 0.6 is 11.3 Å². The molecule has 1 heterocycles. The number of nitrogens with zero attached hydrogens (tertiary/aromatic N) is 2. The van der Waals surface area contributed by atoms with Crippen LogP contribution in [0.2, 0.25) is 0 Å². The number of rotatable bonds is 5. The molecule has 2 aromatic carbocycles. The fraction of sp³-hybridized carbons (Fsp3) is 0.222. The van der Waals surface area contributed by atoms with Crippen LogP contribution in [0.1, 0.15) is 10.4 Å². The van der Waals surface area contributed by atoms with Crippen LogP contribution in [-0.4, -0.2) is 38.9 Å². The van der Waals surface area contributed by atoms with E-state index in [0.717, 1.165) is 23.1 Å². The lowest BCUT2D eigenvalue weighted by Crippen LogP contribution is -2.20. The van der Waals surface area contributed by atoms with Crippen molar-refractivity contribution in [2.75, 3.05) is 20.0 Å².